The largest absolute Gasteiger partial charge is 0.465 e. The van der Waals surface area contributed by atoms with Crippen molar-refractivity contribution in [2.75, 3.05) is 13.2 Å². The number of ether oxygens (including phenoxy) is 1. The normalized spacial score (nSPS) is 12.2. The number of carbonyl (C=O) groups excluding carboxylic acids is 1. The fourth-order valence-electron chi connectivity index (χ4n) is 1.62. The second-order valence-electron chi connectivity index (χ2n) is 3.77. The highest BCUT2D eigenvalue weighted by Crippen LogP contribution is 2.25. The van der Waals surface area contributed by atoms with Crippen molar-refractivity contribution in [3.05, 3.63) is 33.8 Å². The quantitative estimate of drug-likeness (QED) is 0.850. The lowest BCUT2D eigenvalue weighted by atomic mass is 10.1. The average molecular weight is 300 g/mol. The Morgan fingerprint density at radius 1 is 1.47 bits per heavy atom. The minimum atomic E-state index is -0.407. The summed E-state index contributed by atoms with van der Waals surface area (Å²) in [5.74, 6) is -0.237. The van der Waals surface area contributed by atoms with Gasteiger partial charge in [0.05, 0.1) is 6.61 Å². The summed E-state index contributed by atoms with van der Waals surface area (Å²) < 4.78 is 6.00. The van der Waals surface area contributed by atoms with Crippen LogP contribution in [0.3, 0.4) is 0 Å². The molecular weight excluding hydrogens is 282 g/mol. The van der Waals surface area contributed by atoms with Crippen LogP contribution in [0.1, 0.15) is 31.0 Å². The fourth-order valence-corrected chi connectivity index (χ4v) is 2.34. The fraction of sp³-hybridized carbons (Fsp3) is 0.462. The molecule has 0 radical (unpaired) electrons. The van der Waals surface area contributed by atoms with Gasteiger partial charge in [-0.05, 0) is 37.6 Å². The second-order valence-corrected chi connectivity index (χ2v) is 4.62. The summed E-state index contributed by atoms with van der Waals surface area (Å²) in [6.45, 7) is 6.90. The van der Waals surface area contributed by atoms with Crippen molar-refractivity contribution in [3.8, 4) is 0 Å². The second kappa shape index (κ2) is 6.77. The minimum absolute atomic E-state index is 0.237. The molecule has 1 aromatic carbocycles. The van der Waals surface area contributed by atoms with Gasteiger partial charge < -0.3 is 10.1 Å². The maximum Gasteiger partial charge on any atom is 0.327 e. The molecule has 0 saturated heterocycles. The molecule has 94 valence electrons. The summed E-state index contributed by atoms with van der Waals surface area (Å²) in [7, 11) is 0. The third-order valence-electron chi connectivity index (χ3n) is 2.40. The van der Waals surface area contributed by atoms with Gasteiger partial charge >= 0.3 is 5.97 Å². The smallest absolute Gasteiger partial charge is 0.327 e. The summed E-state index contributed by atoms with van der Waals surface area (Å²) in [4.78, 5) is 11.9. The number of carbonyl (C=O) groups is 1. The zero-order chi connectivity index (χ0) is 12.8. The first-order valence-corrected chi connectivity index (χ1v) is 6.55. The minimum Gasteiger partial charge on any atom is -0.465 e. The molecule has 0 aromatic heterocycles. The number of esters is 1. The molecule has 0 heterocycles. The molecule has 3 nitrogen and oxygen atoms in total. The molecule has 0 fully saturated rings. The summed E-state index contributed by atoms with van der Waals surface area (Å²) in [5.41, 5.74) is 2.07. The van der Waals surface area contributed by atoms with Crippen LogP contribution in [0.25, 0.3) is 0 Å². The molecule has 0 saturated carbocycles. The Morgan fingerprint density at radius 3 is 2.71 bits per heavy atom. The van der Waals surface area contributed by atoms with E-state index in [4.69, 9.17) is 4.74 Å². The van der Waals surface area contributed by atoms with Gasteiger partial charge in [0.25, 0.3) is 0 Å². The molecule has 1 rings (SSSR count). The number of nitrogens with one attached hydrogen (secondary N) is 1. The van der Waals surface area contributed by atoms with E-state index in [-0.39, 0.29) is 5.97 Å². The van der Waals surface area contributed by atoms with E-state index in [9.17, 15) is 4.79 Å². The molecule has 1 unspecified atom stereocenters. The first-order valence-electron chi connectivity index (χ1n) is 5.76. The maximum atomic E-state index is 11.9. The Balaban J connectivity index is 3.00. The van der Waals surface area contributed by atoms with Gasteiger partial charge in [-0.15, -0.1) is 0 Å². The monoisotopic (exact) mass is 299 g/mol. The van der Waals surface area contributed by atoms with Crippen molar-refractivity contribution in [1.29, 1.82) is 0 Å². The van der Waals surface area contributed by atoms with Crippen LogP contribution in [-0.4, -0.2) is 19.1 Å². The van der Waals surface area contributed by atoms with E-state index in [2.05, 4.69) is 21.2 Å². The Bertz CT molecular complexity index is 393. The van der Waals surface area contributed by atoms with Crippen molar-refractivity contribution < 1.29 is 9.53 Å². The number of hydrogen-bond acceptors (Lipinski definition) is 3. The van der Waals surface area contributed by atoms with Crippen molar-refractivity contribution in [2.45, 2.75) is 26.8 Å². The number of aryl methyl sites for hydroxylation is 1. The molecule has 0 bridgehead atoms. The van der Waals surface area contributed by atoms with Gasteiger partial charge in [0, 0.05) is 4.47 Å². The van der Waals surface area contributed by atoms with E-state index in [0.29, 0.717) is 13.2 Å². The molecule has 4 heteroatoms. The van der Waals surface area contributed by atoms with Crippen molar-refractivity contribution in [2.24, 2.45) is 0 Å². The van der Waals surface area contributed by atoms with E-state index < -0.39 is 6.04 Å². The molecular formula is C13H18BrNO2. The standard InChI is InChI=1S/C13H18BrNO2/c1-4-15-12(13(16)17-5-2)10-7-6-9(3)8-11(10)14/h6-8,12,15H,4-5H2,1-3H3. The molecule has 0 aliphatic carbocycles. The van der Waals surface area contributed by atoms with E-state index in [1.54, 1.807) is 0 Å². The molecule has 0 amide bonds. The third-order valence-corrected chi connectivity index (χ3v) is 3.08. The van der Waals surface area contributed by atoms with Crippen LogP contribution in [0, 0.1) is 6.92 Å². The van der Waals surface area contributed by atoms with Gasteiger partial charge in [0.2, 0.25) is 0 Å². The lowest BCUT2D eigenvalue weighted by Gasteiger charge is -2.18. The highest BCUT2D eigenvalue weighted by molar-refractivity contribution is 9.10. The molecule has 1 aromatic rings. The van der Waals surface area contributed by atoms with Crippen LogP contribution in [-0.2, 0) is 9.53 Å². The topological polar surface area (TPSA) is 38.3 Å². The highest BCUT2D eigenvalue weighted by Gasteiger charge is 2.22. The van der Waals surface area contributed by atoms with E-state index in [1.807, 2.05) is 39.0 Å². The number of halogens is 1. The molecule has 0 aliphatic heterocycles. The molecule has 1 atom stereocenters. The highest BCUT2D eigenvalue weighted by atomic mass is 79.9. The molecule has 1 N–H and O–H groups in total. The number of likely N-dealkylation sites (N-methyl/N-ethyl adjacent to an activating group) is 1. The summed E-state index contributed by atoms with van der Waals surface area (Å²) in [6.07, 6.45) is 0. The van der Waals surface area contributed by atoms with E-state index in [1.165, 1.54) is 0 Å². The average Bonchev–Trinajstić information content (AvgIpc) is 2.27. The van der Waals surface area contributed by atoms with Gasteiger partial charge in [-0.25, -0.2) is 4.79 Å². The first-order chi connectivity index (χ1) is 8.10. The Kier molecular flexibility index (Phi) is 5.65. The van der Waals surface area contributed by atoms with Crippen molar-refractivity contribution in [3.63, 3.8) is 0 Å². The van der Waals surface area contributed by atoms with Crippen LogP contribution in [0.15, 0.2) is 22.7 Å². The molecule has 0 spiro atoms. The lowest BCUT2D eigenvalue weighted by molar-refractivity contribution is -0.145. The van der Waals surface area contributed by atoms with Crippen molar-refractivity contribution in [1.82, 2.24) is 5.32 Å². The zero-order valence-electron chi connectivity index (χ0n) is 10.4. The van der Waals surface area contributed by atoms with E-state index >= 15 is 0 Å². The Hall–Kier alpha value is -0.870. The lowest BCUT2D eigenvalue weighted by Crippen LogP contribution is -2.30. The number of hydrogen-bond donors (Lipinski definition) is 1. The maximum absolute atomic E-state index is 11.9. The SMILES string of the molecule is CCNC(C(=O)OCC)c1ccc(C)cc1Br. The number of rotatable bonds is 5. The molecule has 17 heavy (non-hydrogen) atoms. The third kappa shape index (κ3) is 3.82. The van der Waals surface area contributed by atoms with Crippen LogP contribution < -0.4 is 5.32 Å². The van der Waals surface area contributed by atoms with Crippen LogP contribution >= 0.6 is 15.9 Å². The van der Waals surface area contributed by atoms with Crippen LogP contribution in [0.4, 0.5) is 0 Å². The van der Waals surface area contributed by atoms with Crippen LogP contribution in [0.2, 0.25) is 0 Å². The predicted octanol–water partition coefficient (Wildman–Crippen LogP) is 2.97. The Labute approximate surface area is 111 Å². The van der Waals surface area contributed by atoms with E-state index in [0.717, 1.165) is 15.6 Å². The summed E-state index contributed by atoms with van der Waals surface area (Å²) in [6, 6.07) is 5.53. The van der Waals surface area contributed by atoms with Gasteiger partial charge in [0.15, 0.2) is 0 Å². The van der Waals surface area contributed by atoms with Gasteiger partial charge in [-0.1, -0.05) is 35.0 Å². The number of benzene rings is 1. The summed E-state index contributed by atoms with van der Waals surface area (Å²) >= 11 is 3.49. The molecule has 0 aliphatic rings. The summed E-state index contributed by atoms with van der Waals surface area (Å²) in [5, 5.41) is 3.14. The van der Waals surface area contributed by atoms with Gasteiger partial charge in [-0.2, -0.15) is 0 Å². The van der Waals surface area contributed by atoms with Crippen LogP contribution in [0.5, 0.6) is 0 Å². The Morgan fingerprint density at radius 2 is 2.18 bits per heavy atom. The van der Waals surface area contributed by atoms with Crippen molar-refractivity contribution >= 4 is 21.9 Å². The zero-order valence-corrected chi connectivity index (χ0v) is 12.0. The first kappa shape index (κ1) is 14.2. The van der Waals surface area contributed by atoms with Gasteiger partial charge in [0.1, 0.15) is 6.04 Å². The predicted molar refractivity (Wildman–Crippen MR) is 71.9 cm³/mol. The van der Waals surface area contributed by atoms with Gasteiger partial charge in [-0.3, -0.25) is 0 Å².